The van der Waals surface area contributed by atoms with Gasteiger partial charge < -0.3 is 14.4 Å². The van der Waals surface area contributed by atoms with Crippen LogP contribution in [0.5, 0.6) is 0 Å². The van der Waals surface area contributed by atoms with Gasteiger partial charge in [0.1, 0.15) is 5.69 Å². The van der Waals surface area contributed by atoms with Crippen molar-refractivity contribution in [2.24, 2.45) is 0 Å². The molecule has 1 unspecified atom stereocenters. The van der Waals surface area contributed by atoms with Gasteiger partial charge in [0.05, 0.1) is 25.2 Å². The maximum atomic E-state index is 11.5. The molecular formula is C12H13BrN2O5. The highest BCUT2D eigenvalue weighted by molar-refractivity contribution is 9.10. The zero-order valence-corrected chi connectivity index (χ0v) is 12.3. The minimum absolute atomic E-state index is 0.00119. The molecule has 1 fully saturated rings. The van der Waals surface area contributed by atoms with Gasteiger partial charge in [-0.25, -0.2) is 4.79 Å². The Hall–Kier alpha value is -1.67. The Morgan fingerprint density at radius 1 is 1.60 bits per heavy atom. The van der Waals surface area contributed by atoms with Gasteiger partial charge in [-0.1, -0.05) is 15.9 Å². The Labute approximate surface area is 123 Å². The number of carbonyl (C=O) groups is 1. The van der Waals surface area contributed by atoms with E-state index in [1.807, 2.05) is 0 Å². The third-order valence-electron chi connectivity index (χ3n) is 3.01. The predicted molar refractivity (Wildman–Crippen MR) is 74.8 cm³/mol. The fourth-order valence-electron chi connectivity index (χ4n) is 2.05. The summed E-state index contributed by atoms with van der Waals surface area (Å²) in [5, 5.41) is 11.1. The minimum Gasteiger partial charge on any atom is -0.467 e. The van der Waals surface area contributed by atoms with Crippen LogP contribution in [0.25, 0.3) is 0 Å². The van der Waals surface area contributed by atoms with Crippen LogP contribution in [0.4, 0.5) is 11.4 Å². The third kappa shape index (κ3) is 3.07. The molecule has 8 heteroatoms. The number of carbonyl (C=O) groups excluding carboxylic acids is 1. The topological polar surface area (TPSA) is 81.9 Å². The Kier molecular flexibility index (Phi) is 4.56. The molecule has 2 rings (SSSR count). The first-order valence-electron chi connectivity index (χ1n) is 5.91. The van der Waals surface area contributed by atoms with Crippen molar-refractivity contribution in [3.63, 3.8) is 0 Å². The maximum absolute atomic E-state index is 11.5. The highest BCUT2D eigenvalue weighted by atomic mass is 79.9. The summed E-state index contributed by atoms with van der Waals surface area (Å²) < 4.78 is 10.7. The summed E-state index contributed by atoms with van der Waals surface area (Å²) in [6, 6.07) is 4.71. The number of esters is 1. The second-order valence-electron chi connectivity index (χ2n) is 4.22. The average Bonchev–Trinajstić information content (AvgIpc) is 2.46. The summed E-state index contributed by atoms with van der Waals surface area (Å²) in [6.07, 6.45) is -0.729. The molecule has 20 heavy (non-hydrogen) atoms. The molecule has 0 bridgehead atoms. The zero-order chi connectivity index (χ0) is 14.7. The molecule has 0 aromatic heterocycles. The number of rotatable bonds is 3. The van der Waals surface area contributed by atoms with Crippen molar-refractivity contribution in [2.45, 2.75) is 6.10 Å². The number of hydrogen-bond donors (Lipinski definition) is 0. The van der Waals surface area contributed by atoms with Crippen LogP contribution in [-0.4, -0.2) is 43.8 Å². The molecule has 1 aliphatic heterocycles. The van der Waals surface area contributed by atoms with Gasteiger partial charge in [-0.2, -0.15) is 0 Å². The number of nitro groups is 1. The molecule has 0 radical (unpaired) electrons. The first-order chi connectivity index (χ1) is 9.52. The largest absolute Gasteiger partial charge is 0.467 e. The zero-order valence-electron chi connectivity index (χ0n) is 10.7. The predicted octanol–water partition coefficient (Wildman–Crippen LogP) is 1.74. The van der Waals surface area contributed by atoms with Crippen LogP contribution in [0.2, 0.25) is 0 Å². The summed E-state index contributed by atoms with van der Waals surface area (Å²) in [7, 11) is 1.28. The summed E-state index contributed by atoms with van der Waals surface area (Å²) >= 11 is 3.30. The Balaban J connectivity index is 2.28. The lowest BCUT2D eigenvalue weighted by molar-refractivity contribution is -0.384. The van der Waals surface area contributed by atoms with Gasteiger partial charge in [0.25, 0.3) is 5.69 Å². The van der Waals surface area contributed by atoms with Gasteiger partial charge in [0, 0.05) is 17.1 Å². The molecule has 1 aromatic carbocycles. The number of methoxy groups -OCH3 is 1. The molecule has 1 heterocycles. The fourth-order valence-corrected chi connectivity index (χ4v) is 2.40. The van der Waals surface area contributed by atoms with Crippen molar-refractivity contribution in [3.8, 4) is 0 Å². The molecule has 1 aliphatic rings. The van der Waals surface area contributed by atoms with Gasteiger partial charge in [-0.15, -0.1) is 0 Å². The van der Waals surface area contributed by atoms with Crippen LogP contribution in [0.1, 0.15) is 0 Å². The molecule has 7 nitrogen and oxygen atoms in total. The van der Waals surface area contributed by atoms with E-state index in [9.17, 15) is 14.9 Å². The standard InChI is InChI=1S/C12H13BrN2O5/c1-19-12(16)11-7-14(4-5-20-11)10-6-8(13)2-3-9(10)15(17)18/h2-3,6,11H,4-5,7H2,1H3. The molecule has 1 atom stereocenters. The van der Waals surface area contributed by atoms with E-state index in [-0.39, 0.29) is 12.2 Å². The first kappa shape index (κ1) is 14.7. The molecule has 0 aliphatic carbocycles. The van der Waals surface area contributed by atoms with Crippen LogP contribution in [-0.2, 0) is 14.3 Å². The Morgan fingerprint density at radius 2 is 2.35 bits per heavy atom. The second kappa shape index (κ2) is 6.19. The normalized spacial score (nSPS) is 18.7. The van der Waals surface area contributed by atoms with Crippen molar-refractivity contribution in [1.82, 2.24) is 0 Å². The number of morpholine rings is 1. The van der Waals surface area contributed by atoms with Crippen molar-refractivity contribution in [2.75, 3.05) is 31.7 Å². The Morgan fingerprint density at radius 3 is 3.00 bits per heavy atom. The van der Waals surface area contributed by atoms with E-state index >= 15 is 0 Å². The molecule has 1 saturated heterocycles. The number of nitro benzene ring substituents is 1. The SMILES string of the molecule is COC(=O)C1CN(c2cc(Br)ccc2[N+](=O)[O-])CCO1. The quantitative estimate of drug-likeness (QED) is 0.472. The van der Waals surface area contributed by atoms with E-state index < -0.39 is 17.0 Å². The van der Waals surface area contributed by atoms with E-state index in [2.05, 4.69) is 20.7 Å². The van der Waals surface area contributed by atoms with Crippen LogP contribution in [0.15, 0.2) is 22.7 Å². The molecule has 1 aromatic rings. The van der Waals surface area contributed by atoms with Crippen molar-refractivity contribution in [1.29, 1.82) is 0 Å². The number of anilines is 1. The van der Waals surface area contributed by atoms with E-state index in [4.69, 9.17) is 4.74 Å². The third-order valence-corrected chi connectivity index (χ3v) is 3.50. The number of ether oxygens (including phenoxy) is 2. The van der Waals surface area contributed by atoms with Crippen LogP contribution in [0, 0.1) is 10.1 Å². The molecule has 0 amide bonds. The lowest BCUT2D eigenvalue weighted by atomic mass is 10.2. The monoisotopic (exact) mass is 344 g/mol. The average molecular weight is 345 g/mol. The van der Waals surface area contributed by atoms with Crippen molar-refractivity contribution < 1.29 is 19.2 Å². The summed E-state index contributed by atoms with van der Waals surface area (Å²) in [6.45, 7) is 1.01. The summed E-state index contributed by atoms with van der Waals surface area (Å²) in [5.74, 6) is -0.479. The van der Waals surface area contributed by atoms with Gasteiger partial charge in [0.2, 0.25) is 0 Å². The van der Waals surface area contributed by atoms with Gasteiger partial charge in [-0.05, 0) is 12.1 Å². The Bertz CT molecular complexity index is 537. The van der Waals surface area contributed by atoms with E-state index in [1.54, 1.807) is 17.0 Å². The number of benzene rings is 1. The smallest absolute Gasteiger partial charge is 0.336 e. The van der Waals surface area contributed by atoms with Gasteiger partial charge in [-0.3, -0.25) is 10.1 Å². The number of hydrogen-bond acceptors (Lipinski definition) is 6. The molecular weight excluding hydrogens is 332 g/mol. The lowest BCUT2D eigenvalue weighted by Gasteiger charge is -2.32. The molecule has 0 N–H and O–H groups in total. The van der Waals surface area contributed by atoms with Gasteiger partial charge >= 0.3 is 5.97 Å². The van der Waals surface area contributed by atoms with Gasteiger partial charge in [0.15, 0.2) is 6.10 Å². The van der Waals surface area contributed by atoms with Crippen molar-refractivity contribution >= 4 is 33.3 Å². The fraction of sp³-hybridized carbons (Fsp3) is 0.417. The van der Waals surface area contributed by atoms with Crippen LogP contribution in [0.3, 0.4) is 0 Å². The lowest BCUT2D eigenvalue weighted by Crippen LogP contribution is -2.46. The number of halogens is 1. The maximum Gasteiger partial charge on any atom is 0.336 e. The summed E-state index contributed by atoms with van der Waals surface area (Å²) in [5.41, 5.74) is 0.459. The first-order valence-corrected chi connectivity index (χ1v) is 6.70. The minimum atomic E-state index is -0.729. The molecule has 108 valence electrons. The van der Waals surface area contributed by atoms with Crippen LogP contribution < -0.4 is 4.90 Å². The molecule has 0 spiro atoms. The number of nitrogens with zero attached hydrogens (tertiary/aromatic N) is 2. The van der Waals surface area contributed by atoms with E-state index in [0.29, 0.717) is 18.8 Å². The van der Waals surface area contributed by atoms with E-state index in [0.717, 1.165) is 4.47 Å². The summed E-state index contributed by atoms with van der Waals surface area (Å²) in [4.78, 5) is 23.9. The molecule has 0 saturated carbocycles. The van der Waals surface area contributed by atoms with E-state index in [1.165, 1.54) is 13.2 Å². The second-order valence-corrected chi connectivity index (χ2v) is 5.13. The van der Waals surface area contributed by atoms with Crippen LogP contribution >= 0.6 is 15.9 Å². The highest BCUT2D eigenvalue weighted by Gasteiger charge is 2.30. The van der Waals surface area contributed by atoms with Crippen molar-refractivity contribution in [3.05, 3.63) is 32.8 Å². The highest BCUT2D eigenvalue weighted by Crippen LogP contribution is 2.32.